The first-order valence-electron chi connectivity index (χ1n) is 9.71. The van der Waals surface area contributed by atoms with E-state index >= 15 is 0 Å². The molecule has 4 N–H and O–H groups in total. The molecule has 0 saturated carbocycles. The van der Waals surface area contributed by atoms with E-state index in [-0.39, 0.29) is 24.2 Å². The Morgan fingerprint density at radius 3 is 2.60 bits per heavy atom. The first-order chi connectivity index (χ1) is 14.4. The quantitative estimate of drug-likeness (QED) is 0.520. The van der Waals surface area contributed by atoms with Crippen LogP contribution in [0.2, 0.25) is 0 Å². The molecule has 2 aromatic carbocycles. The molecule has 2 amide bonds. The minimum absolute atomic E-state index is 0.0277. The van der Waals surface area contributed by atoms with Gasteiger partial charge in [0.25, 0.3) is 17.8 Å². The Labute approximate surface area is 173 Å². The molecule has 1 aromatic heterocycles. The van der Waals surface area contributed by atoms with Crippen molar-refractivity contribution in [1.29, 1.82) is 0 Å². The number of guanidine groups is 1. The van der Waals surface area contributed by atoms with E-state index in [1.165, 1.54) is 5.56 Å². The molecule has 2 heterocycles. The van der Waals surface area contributed by atoms with Crippen molar-refractivity contribution >= 4 is 40.3 Å². The summed E-state index contributed by atoms with van der Waals surface area (Å²) in [6.45, 7) is 6.00. The molecule has 1 aliphatic heterocycles. The Bertz CT molecular complexity index is 1170. The highest BCUT2D eigenvalue weighted by atomic mass is 16.2. The minimum atomic E-state index is -0.715. The third-order valence-electron chi connectivity index (χ3n) is 5.07. The smallest absolute Gasteiger partial charge is 0.323 e. The summed E-state index contributed by atoms with van der Waals surface area (Å²) >= 11 is 0. The van der Waals surface area contributed by atoms with Gasteiger partial charge in [-0.1, -0.05) is 18.2 Å². The number of nitrogens with zero attached hydrogens (tertiary/aromatic N) is 2. The van der Waals surface area contributed by atoms with E-state index in [0.29, 0.717) is 11.6 Å². The van der Waals surface area contributed by atoms with Crippen molar-refractivity contribution in [2.24, 2.45) is 0 Å². The summed E-state index contributed by atoms with van der Waals surface area (Å²) < 4.78 is 0. The van der Waals surface area contributed by atoms with Crippen molar-refractivity contribution in [3.8, 4) is 0 Å². The molecule has 8 heteroatoms. The van der Waals surface area contributed by atoms with Crippen LogP contribution in [0.1, 0.15) is 23.2 Å². The topological polar surface area (TPSA) is 110 Å². The number of nitrogens with one attached hydrogen (secondary N) is 4. The summed E-state index contributed by atoms with van der Waals surface area (Å²) in [7, 11) is 0. The van der Waals surface area contributed by atoms with E-state index in [2.05, 4.69) is 43.9 Å². The van der Waals surface area contributed by atoms with Crippen molar-refractivity contribution in [3.05, 3.63) is 59.3 Å². The van der Waals surface area contributed by atoms with Crippen LogP contribution in [0.15, 0.2) is 42.5 Å². The van der Waals surface area contributed by atoms with Gasteiger partial charge in [-0.15, -0.1) is 0 Å². The van der Waals surface area contributed by atoms with Gasteiger partial charge in [0.1, 0.15) is 0 Å². The summed E-state index contributed by atoms with van der Waals surface area (Å²) in [6, 6.07) is 12.5. The number of carbonyl (C=O) groups excluding carboxylic acids is 2. The highest BCUT2D eigenvalue weighted by Gasteiger charge is 2.31. The number of amides is 2. The first-order valence-corrected chi connectivity index (χ1v) is 9.71. The van der Waals surface area contributed by atoms with Crippen LogP contribution in [-0.4, -0.2) is 33.8 Å². The van der Waals surface area contributed by atoms with Crippen molar-refractivity contribution < 1.29 is 14.6 Å². The number of fused-ring (bicyclic) bond motifs is 1. The molecular weight excluding hydrogens is 380 g/mol. The van der Waals surface area contributed by atoms with E-state index in [1.807, 2.05) is 38.1 Å². The second-order valence-electron chi connectivity index (χ2n) is 7.39. The molecule has 1 aliphatic rings. The van der Waals surface area contributed by atoms with Crippen molar-refractivity contribution in [2.45, 2.75) is 33.2 Å². The van der Waals surface area contributed by atoms with Gasteiger partial charge in [0.2, 0.25) is 0 Å². The second kappa shape index (κ2) is 7.90. The van der Waals surface area contributed by atoms with Gasteiger partial charge in [0, 0.05) is 11.1 Å². The Morgan fingerprint density at radius 2 is 1.83 bits per heavy atom. The van der Waals surface area contributed by atoms with Crippen LogP contribution in [0.5, 0.6) is 0 Å². The van der Waals surface area contributed by atoms with Gasteiger partial charge in [-0.05, 0) is 56.2 Å². The number of para-hydroxylation sites is 1. The van der Waals surface area contributed by atoms with E-state index in [1.54, 1.807) is 12.1 Å². The van der Waals surface area contributed by atoms with Gasteiger partial charge in [0.15, 0.2) is 6.04 Å². The van der Waals surface area contributed by atoms with Crippen LogP contribution in [0.4, 0.5) is 11.6 Å². The molecule has 0 fully saturated rings. The Morgan fingerprint density at radius 1 is 1.10 bits per heavy atom. The fourth-order valence-electron chi connectivity index (χ4n) is 3.32. The number of rotatable bonds is 3. The SMILES string of the molecule is Cc1cc2nc(NC3=[NH+][C@H](C(=O)Nc4ccccc4)CC(=O)N3)nc(C)c2cc1C. The summed E-state index contributed by atoms with van der Waals surface area (Å²) in [4.78, 5) is 36.8. The van der Waals surface area contributed by atoms with Crippen molar-refractivity contribution in [3.63, 3.8) is 0 Å². The van der Waals surface area contributed by atoms with Crippen molar-refractivity contribution in [2.75, 3.05) is 10.6 Å². The number of aryl methyl sites for hydroxylation is 3. The van der Waals surface area contributed by atoms with Crippen LogP contribution in [0.25, 0.3) is 10.9 Å². The van der Waals surface area contributed by atoms with Crippen LogP contribution < -0.4 is 20.9 Å². The number of hydrogen-bond acceptors (Lipinski definition) is 5. The zero-order chi connectivity index (χ0) is 21.3. The lowest BCUT2D eigenvalue weighted by atomic mass is 10.1. The lowest BCUT2D eigenvalue weighted by molar-refractivity contribution is -0.490. The first kappa shape index (κ1) is 19.5. The maximum Gasteiger partial charge on any atom is 0.358 e. The molecule has 4 rings (SSSR count). The Kier molecular flexibility index (Phi) is 5.14. The van der Waals surface area contributed by atoms with E-state index in [9.17, 15) is 9.59 Å². The molecule has 0 unspecified atom stereocenters. The molecule has 30 heavy (non-hydrogen) atoms. The van der Waals surface area contributed by atoms with Gasteiger partial charge in [0.05, 0.1) is 17.6 Å². The van der Waals surface area contributed by atoms with Crippen LogP contribution in [0.3, 0.4) is 0 Å². The average molecular weight is 403 g/mol. The number of anilines is 2. The number of carbonyl (C=O) groups is 2. The maximum atomic E-state index is 12.6. The van der Waals surface area contributed by atoms with E-state index in [0.717, 1.165) is 22.2 Å². The zero-order valence-corrected chi connectivity index (χ0v) is 17.0. The molecule has 3 aromatic rings. The third kappa shape index (κ3) is 4.12. The monoisotopic (exact) mass is 403 g/mol. The summed E-state index contributed by atoms with van der Waals surface area (Å²) in [5.41, 5.74) is 4.63. The lowest BCUT2D eigenvalue weighted by Gasteiger charge is -2.17. The minimum Gasteiger partial charge on any atom is -0.323 e. The Hall–Kier alpha value is -3.81. The van der Waals surface area contributed by atoms with Gasteiger partial charge in [-0.25, -0.2) is 15.6 Å². The maximum absolute atomic E-state index is 12.6. The summed E-state index contributed by atoms with van der Waals surface area (Å²) in [6.07, 6.45) is 0.0277. The third-order valence-corrected chi connectivity index (χ3v) is 5.07. The molecular formula is C22H23N6O2+. The van der Waals surface area contributed by atoms with E-state index in [4.69, 9.17) is 0 Å². The highest BCUT2D eigenvalue weighted by Crippen LogP contribution is 2.21. The van der Waals surface area contributed by atoms with Gasteiger partial charge in [-0.2, -0.15) is 4.98 Å². The number of hydrogen-bond donors (Lipinski definition) is 4. The van der Waals surface area contributed by atoms with Crippen LogP contribution >= 0.6 is 0 Å². The Balaban J connectivity index is 1.58. The van der Waals surface area contributed by atoms with Gasteiger partial charge in [-0.3, -0.25) is 14.6 Å². The van der Waals surface area contributed by atoms with Gasteiger partial charge >= 0.3 is 5.96 Å². The molecule has 0 radical (unpaired) electrons. The summed E-state index contributed by atoms with van der Waals surface area (Å²) in [5.74, 6) is 0.0581. The van der Waals surface area contributed by atoms with Crippen LogP contribution in [0, 0.1) is 20.8 Å². The van der Waals surface area contributed by atoms with Crippen molar-refractivity contribution in [1.82, 2.24) is 15.3 Å². The van der Waals surface area contributed by atoms with E-state index < -0.39 is 6.04 Å². The largest absolute Gasteiger partial charge is 0.358 e. The predicted octanol–water partition coefficient (Wildman–Crippen LogP) is 0.931. The van der Waals surface area contributed by atoms with Gasteiger partial charge < -0.3 is 5.32 Å². The molecule has 8 nitrogen and oxygen atoms in total. The number of benzene rings is 2. The molecule has 0 spiro atoms. The molecule has 1 atom stereocenters. The zero-order valence-electron chi connectivity index (χ0n) is 17.0. The number of aromatic nitrogens is 2. The molecule has 152 valence electrons. The lowest BCUT2D eigenvalue weighted by Crippen LogP contribution is -2.89. The fourth-order valence-corrected chi connectivity index (χ4v) is 3.32. The molecule has 0 aliphatic carbocycles. The fraction of sp³-hybridized carbons (Fsp3) is 0.227. The molecule has 0 saturated heterocycles. The average Bonchev–Trinajstić information content (AvgIpc) is 2.70. The second-order valence-corrected chi connectivity index (χ2v) is 7.39. The highest BCUT2D eigenvalue weighted by molar-refractivity contribution is 6.05. The van der Waals surface area contributed by atoms with Crippen LogP contribution in [-0.2, 0) is 9.59 Å². The summed E-state index contributed by atoms with van der Waals surface area (Å²) in [5, 5.41) is 9.48. The molecule has 0 bridgehead atoms. The normalized spacial score (nSPS) is 16.0. The standard InChI is InChI=1S/C22H22N6O2/c1-12-9-16-14(3)23-21(25-17(16)10-13(12)2)28-22-26-18(11-19(29)27-22)20(30)24-15-7-5-4-6-8-15/h4-10,18H,11H2,1-3H3,(H,24,30)(H2,23,25,26,27,28,29)/p+1/t18-/m0/s1. The predicted molar refractivity (Wildman–Crippen MR) is 115 cm³/mol.